The lowest BCUT2D eigenvalue weighted by Gasteiger charge is -2.10. The Morgan fingerprint density at radius 3 is 2.56 bits per heavy atom. The van der Waals surface area contributed by atoms with Crippen molar-refractivity contribution in [2.24, 2.45) is 0 Å². The summed E-state index contributed by atoms with van der Waals surface area (Å²) in [5, 5.41) is 2.87. The molecule has 0 aliphatic carbocycles. The van der Waals surface area contributed by atoms with Gasteiger partial charge < -0.3 is 10.1 Å². The third-order valence-corrected chi connectivity index (χ3v) is 4.04. The van der Waals surface area contributed by atoms with Gasteiger partial charge in [-0.2, -0.15) is 0 Å². The summed E-state index contributed by atoms with van der Waals surface area (Å²) in [6, 6.07) is 16.5. The lowest BCUT2D eigenvalue weighted by atomic mass is 10.1. The van der Waals surface area contributed by atoms with Crippen LogP contribution in [0.15, 0.2) is 60.7 Å². The topological polar surface area (TPSA) is 51.2 Å². The van der Waals surface area contributed by atoms with Crippen LogP contribution in [-0.2, 0) is 6.42 Å². The first-order chi connectivity index (χ1) is 13.0. The Labute approximate surface area is 158 Å². The van der Waals surface area contributed by atoms with Gasteiger partial charge in [0.2, 0.25) is 0 Å². The molecule has 0 unspecified atom stereocenters. The number of carbonyl (C=O) groups excluding carboxylic acids is 1. The maximum absolute atomic E-state index is 13.0. The fraction of sp³-hybridized carbons (Fsp3) is 0.182. The maximum Gasteiger partial charge on any atom is 0.257 e. The number of nitrogens with one attached hydrogen (secondary N) is 1. The summed E-state index contributed by atoms with van der Waals surface area (Å²) < 4.78 is 18.7. The summed E-state index contributed by atoms with van der Waals surface area (Å²) in [5.74, 6) is 0.526. The highest BCUT2D eigenvalue weighted by Crippen LogP contribution is 2.24. The van der Waals surface area contributed by atoms with Gasteiger partial charge in [-0.3, -0.25) is 9.78 Å². The van der Waals surface area contributed by atoms with E-state index in [4.69, 9.17) is 4.74 Å². The van der Waals surface area contributed by atoms with Gasteiger partial charge in [0.05, 0.1) is 11.3 Å². The fourth-order valence-electron chi connectivity index (χ4n) is 2.72. The molecule has 2 aromatic carbocycles. The van der Waals surface area contributed by atoms with Crippen LogP contribution in [0.1, 0.15) is 35.1 Å². The molecule has 1 N–H and O–H groups in total. The van der Waals surface area contributed by atoms with Gasteiger partial charge in [-0.25, -0.2) is 4.39 Å². The molecule has 0 bridgehead atoms. The lowest BCUT2D eigenvalue weighted by Crippen LogP contribution is -2.14. The molecule has 3 aromatic rings. The lowest BCUT2D eigenvalue weighted by molar-refractivity contribution is 0.102. The average molecular weight is 364 g/mol. The number of amides is 1. The Kier molecular flexibility index (Phi) is 5.81. The minimum Gasteiger partial charge on any atom is -0.457 e. The summed E-state index contributed by atoms with van der Waals surface area (Å²) in [6.45, 7) is 3.93. The Morgan fingerprint density at radius 1 is 1.07 bits per heavy atom. The molecule has 4 nitrogen and oxygen atoms in total. The van der Waals surface area contributed by atoms with Crippen molar-refractivity contribution in [1.29, 1.82) is 0 Å². The number of anilines is 1. The third kappa shape index (κ3) is 4.91. The second-order valence-electron chi connectivity index (χ2n) is 6.22. The van der Waals surface area contributed by atoms with Crippen LogP contribution >= 0.6 is 0 Å². The van der Waals surface area contributed by atoms with E-state index in [0.29, 0.717) is 28.4 Å². The number of aromatic nitrogens is 1. The Bertz CT molecular complexity index is 939. The highest BCUT2D eigenvalue weighted by molar-refractivity contribution is 6.05. The van der Waals surface area contributed by atoms with Crippen molar-refractivity contribution in [3.63, 3.8) is 0 Å². The molecular weight excluding hydrogens is 343 g/mol. The molecule has 1 heterocycles. The zero-order valence-corrected chi connectivity index (χ0v) is 15.3. The number of hydrogen-bond donors (Lipinski definition) is 1. The summed E-state index contributed by atoms with van der Waals surface area (Å²) >= 11 is 0. The first-order valence-corrected chi connectivity index (χ1v) is 8.86. The van der Waals surface area contributed by atoms with Gasteiger partial charge in [0.1, 0.15) is 17.3 Å². The minimum absolute atomic E-state index is 0.220. The average Bonchev–Trinajstić information content (AvgIpc) is 2.64. The number of rotatable bonds is 6. The number of carbonyl (C=O) groups is 1. The predicted molar refractivity (Wildman–Crippen MR) is 104 cm³/mol. The molecule has 5 heteroatoms. The van der Waals surface area contributed by atoms with E-state index in [2.05, 4.69) is 17.2 Å². The molecule has 1 aromatic heterocycles. The fourth-order valence-corrected chi connectivity index (χ4v) is 2.72. The monoisotopic (exact) mass is 364 g/mol. The van der Waals surface area contributed by atoms with Crippen LogP contribution in [-0.4, -0.2) is 10.9 Å². The number of nitrogens with zero attached hydrogens (tertiary/aromatic N) is 1. The Morgan fingerprint density at radius 2 is 1.85 bits per heavy atom. The first kappa shape index (κ1) is 18.6. The Hall–Kier alpha value is -3.21. The third-order valence-electron chi connectivity index (χ3n) is 4.04. The van der Waals surface area contributed by atoms with Crippen LogP contribution < -0.4 is 10.1 Å². The van der Waals surface area contributed by atoms with E-state index < -0.39 is 0 Å². The van der Waals surface area contributed by atoms with Crippen molar-refractivity contribution in [2.75, 3.05) is 5.32 Å². The molecule has 27 heavy (non-hydrogen) atoms. The molecular formula is C22H21FN2O2. The molecule has 0 spiro atoms. The molecule has 0 aliphatic heterocycles. The molecule has 1 amide bonds. The molecule has 0 radical (unpaired) electrons. The number of halogens is 1. The zero-order valence-electron chi connectivity index (χ0n) is 15.3. The highest BCUT2D eigenvalue weighted by atomic mass is 19.1. The zero-order chi connectivity index (χ0) is 19.2. The second kappa shape index (κ2) is 8.45. The van der Waals surface area contributed by atoms with Crippen molar-refractivity contribution < 1.29 is 13.9 Å². The van der Waals surface area contributed by atoms with E-state index in [1.54, 1.807) is 36.4 Å². The van der Waals surface area contributed by atoms with Crippen molar-refractivity contribution in [1.82, 2.24) is 4.98 Å². The van der Waals surface area contributed by atoms with Crippen LogP contribution in [0.5, 0.6) is 11.5 Å². The van der Waals surface area contributed by atoms with Crippen molar-refractivity contribution in [3.8, 4) is 11.5 Å². The van der Waals surface area contributed by atoms with Crippen LogP contribution in [0.4, 0.5) is 10.1 Å². The van der Waals surface area contributed by atoms with E-state index in [0.717, 1.165) is 18.5 Å². The van der Waals surface area contributed by atoms with E-state index in [1.807, 2.05) is 19.1 Å². The molecule has 3 rings (SSSR count). The van der Waals surface area contributed by atoms with Gasteiger partial charge in [0, 0.05) is 17.4 Å². The minimum atomic E-state index is -0.322. The maximum atomic E-state index is 13.0. The molecule has 138 valence electrons. The summed E-state index contributed by atoms with van der Waals surface area (Å²) in [6.07, 6.45) is 1.91. The molecule has 0 atom stereocenters. The van der Waals surface area contributed by atoms with Gasteiger partial charge >= 0.3 is 0 Å². The Balaban J connectivity index is 1.72. The van der Waals surface area contributed by atoms with E-state index in [9.17, 15) is 9.18 Å². The number of ether oxygens (including phenoxy) is 1. The normalized spacial score (nSPS) is 10.5. The van der Waals surface area contributed by atoms with Crippen molar-refractivity contribution in [2.45, 2.75) is 26.7 Å². The van der Waals surface area contributed by atoms with E-state index in [-0.39, 0.29) is 11.7 Å². The first-order valence-electron chi connectivity index (χ1n) is 8.86. The number of benzene rings is 2. The van der Waals surface area contributed by atoms with Gasteiger partial charge in [-0.1, -0.05) is 19.4 Å². The van der Waals surface area contributed by atoms with Crippen LogP contribution in [0.3, 0.4) is 0 Å². The SMILES string of the molecule is CCCc1ccc(C(=O)Nc2cccc(Oc3ccc(F)cc3)c2)c(C)n1. The predicted octanol–water partition coefficient (Wildman–Crippen LogP) is 5.53. The largest absolute Gasteiger partial charge is 0.457 e. The summed E-state index contributed by atoms with van der Waals surface area (Å²) in [4.78, 5) is 17.1. The number of pyridine rings is 1. The van der Waals surface area contributed by atoms with E-state index >= 15 is 0 Å². The van der Waals surface area contributed by atoms with E-state index in [1.165, 1.54) is 12.1 Å². The molecule has 0 aliphatic rings. The van der Waals surface area contributed by atoms with Crippen molar-refractivity contribution in [3.05, 3.63) is 83.4 Å². The van der Waals surface area contributed by atoms with Gasteiger partial charge in [0.25, 0.3) is 5.91 Å². The van der Waals surface area contributed by atoms with Crippen LogP contribution in [0.2, 0.25) is 0 Å². The highest BCUT2D eigenvalue weighted by Gasteiger charge is 2.11. The number of aryl methyl sites for hydroxylation is 2. The summed E-state index contributed by atoms with van der Waals surface area (Å²) in [5.41, 5.74) is 2.84. The number of hydrogen-bond acceptors (Lipinski definition) is 3. The molecule has 0 saturated carbocycles. The standard InChI is InChI=1S/C22H21FN2O2/c1-3-5-17-10-13-21(15(2)24-17)22(26)25-18-6-4-7-20(14-18)27-19-11-8-16(23)9-12-19/h4,6-14H,3,5H2,1-2H3,(H,25,26). The quantitative estimate of drug-likeness (QED) is 0.626. The van der Waals surface area contributed by atoms with Crippen LogP contribution in [0, 0.1) is 12.7 Å². The molecule has 0 saturated heterocycles. The van der Waals surface area contributed by atoms with Crippen molar-refractivity contribution >= 4 is 11.6 Å². The van der Waals surface area contributed by atoms with Gasteiger partial charge in [-0.05, 0) is 61.9 Å². The van der Waals surface area contributed by atoms with Crippen LogP contribution in [0.25, 0.3) is 0 Å². The van der Waals surface area contributed by atoms with Gasteiger partial charge in [0.15, 0.2) is 0 Å². The van der Waals surface area contributed by atoms with Gasteiger partial charge in [-0.15, -0.1) is 0 Å². The summed E-state index contributed by atoms with van der Waals surface area (Å²) in [7, 11) is 0. The second-order valence-corrected chi connectivity index (χ2v) is 6.22. The smallest absolute Gasteiger partial charge is 0.257 e. The molecule has 0 fully saturated rings.